The highest BCUT2D eigenvalue weighted by atomic mass is 35.5. The molecule has 1 saturated heterocycles. The highest BCUT2D eigenvalue weighted by Gasteiger charge is 2.44. The summed E-state index contributed by atoms with van der Waals surface area (Å²) >= 11 is 13.5. The number of hydrogen-bond donors (Lipinski definition) is 3. The van der Waals surface area contributed by atoms with E-state index in [0.29, 0.717) is 32.7 Å². The molecule has 8 nitrogen and oxygen atoms in total. The first-order valence-corrected chi connectivity index (χ1v) is 10.1. The predicted molar refractivity (Wildman–Crippen MR) is 104 cm³/mol. The van der Waals surface area contributed by atoms with E-state index in [2.05, 4.69) is 15.0 Å². The average molecular weight is 443 g/mol. The SMILES string of the molecule is OC[C@H]1O[C@@H](n2cnc3c(CSc4ccc(Cl)c(Cl)c4)ncnc32)[C@H](O)[C@@H]1O. The highest BCUT2D eigenvalue weighted by Crippen LogP contribution is 2.33. The Morgan fingerprint density at radius 2 is 1.93 bits per heavy atom. The zero-order chi connectivity index (χ0) is 19.8. The van der Waals surface area contributed by atoms with E-state index in [1.54, 1.807) is 12.1 Å². The molecule has 148 valence electrons. The number of aliphatic hydroxyl groups excluding tert-OH is 3. The van der Waals surface area contributed by atoms with Crippen LogP contribution in [0.2, 0.25) is 10.0 Å². The van der Waals surface area contributed by atoms with Gasteiger partial charge in [-0.1, -0.05) is 23.2 Å². The molecule has 1 fully saturated rings. The van der Waals surface area contributed by atoms with Crippen molar-refractivity contribution in [1.29, 1.82) is 0 Å². The molecule has 3 heterocycles. The number of thioether (sulfide) groups is 1. The van der Waals surface area contributed by atoms with Crippen LogP contribution in [0.15, 0.2) is 35.7 Å². The molecule has 1 aliphatic rings. The molecule has 1 aliphatic heterocycles. The molecular formula is C17H16Cl2N4O4S. The smallest absolute Gasteiger partial charge is 0.165 e. The summed E-state index contributed by atoms with van der Waals surface area (Å²) in [5.74, 6) is 0.518. The molecule has 0 unspecified atom stereocenters. The first-order valence-electron chi connectivity index (χ1n) is 8.36. The molecule has 3 aromatic rings. The molecule has 0 saturated carbocycles. The molecule has 0 amide bonds. The van der Waals surface area contributed by atoms with E-state index < -0.39 is 31.1 Å². The van der Waals surface area contributed by atoms with Gasteiger partial charge in [-0.15, -0.1) is 11.8 Å². The number of benzene rings is 1. The van der Waals surface area contributed by atoms with Crippen molar-refractivity contribution in [2.24, 2.45) is 0 Å². The average Bonchev–Trinajstić information content (AvgIpc) is 3.24. The number of ether oxygens (including phenoxy) is 1. The number of aromatic nitrogens is 4. The summed E-state index contributed by atoms with van der Waals surface area (Å²) in [4.78, 5) is 13.8. The van der Waals surface area contributed by atoms with Crippen LogP contribution >= 0.6 is 35.0 Å². The molecule has 0 radical (unpaired) electrons. The van der Waals surface area contributed by atoms with Gasteiger partial charge in [0.1, 0.15) is 30.2 Å². The number of aliphatic hydroxyl groups is 3. The lowest BCUT2D eigenvalue weighted by Gasteiger charge is -2.16. The summed E-state index contributed by atoms with van der Waals surface area (Å²) in [5.41, 5.74) is 1.73. The van der Waals surface area contributed by atoms with Crippen LogP contribution in [0.3, 0.4) is 0 Å². The summed E-state index contributed by atoms with van der Waals surface area (Å²) in [6.45, 7) is -0.401. The molecule has 11 heteroatoms. The van der Waals surface area contributed by atoms with Crippen LogP contribution in [0, 0.1) is 0 Å². The van der Waals surface area contributed by atoms with Crippen LogP contribution in [-0.4, -0.2) is 59.8 Å². The fraction of sp³-hybridized carbons (Fsp3) is 0.353. The van der Waals surface area contributed by atoms with Crippen LogP contribution in [0.1, 0.15) is 11.9 Å². The zero-order valence-corrected chi connectivity index (χ0v) is 16.6. The van der Waals surface area contributed by atoms with E-state index in [0.717, 1.165) is 4.90 Å². The number of fused-ring (bicyclic) bond motifs is 1. The molecule has 0 aliphatic carbocycles. The lowest BCUT2D eigenvalue weighted by atomic mass is 10.1. The molecule has 28 heavy (non-hydrogen) atoms. The number of rotatable bonds is 5. The lowest BCUT2D eigenvalue weighted by Crippen LogP contribution is -2.33. The van der Waals surface area contributed by atoms with E-state index in [4.69, 9.17) is 27.9 Å². The first kappa shape index (κ1) is 19.8. The van der Waals surface area contributed by atoms with Crippen LogP contribution in [-0.2, 0) is 10.5 Å². The Hall–Kier alpha value is -1.46. The Morgan fingerprint density at radius 3 is 2.64 bits per heavy atom. The van der Waals surface area contributed by atoms with Gasteiger partial charge in [-0.25, -0.2) is 15.0 Å². The van der Waals surface area contributed by atoms with Gasteiger partial charge < -0.3 is 20.1 Å². The van der Waals surface area contributed by atoms with Crippen LogP contribution < -0.4 is 0 Å². The third kappa shape index (κ3) is 3.59. The summed E-state index contributed by atoms with van der Waals surface area (Å²) < 4.78 is 7.10. The monoisotopic (exact) mass is 442 g/mol. The quantitative estimate of drug-likeness (QED) is 0.514. The third-order valence-corrected chi connectivity index (χ3v) is 6.24. The third-order valence-electron chi connectivity index (χ3n) is 4.49. The van der Waals surface area contributed by atoms with Crippen molar-refractivity contribution < 1.29 is 20.1 Å². The Kier molecular flexibility index (Phi) is 5.75. The van der Waals surface area contributed by atoms with E-state index in [1.807, 2.05) is 6.07 Å². The van der Waals surface area contributed by atoms with Crippen molar-refractivity contribution in [3.8, 4) is 0 Å². The van der Waals surface area contributed by atoms with Crippen LogP contribution in [0.4, 0.5) is 0 Å². The predicted octanol–water partition coefficient (Wildman–Crippen LogP) is 2.04. The van der Waals surface area contributed by atoms with Gasteiger partial charge in [-0.2, -0.15) is 0 Å². The Balaban J connectivity index is 1.59. The second-order valence-corrected chi connectivity index (χ2v) is 8.10. The Bertz CT molecular complexity index is 1000. The van der Waals surface area contributed by atoms with E-state index in [1.165, 1.54) is 29.0 Å². The number of imidazole rings is 1. The fourth-order valence-corrected chi connectivity index (χ4v) is 4.26. The topological polar surface area (TPSA) is 114 Å². The van der Waals surface area contributed by atoms with Crippen molar-refractivity contribution in [2.45, 2.75) is 35.2 Å². The minimum atomic E-state index is -1.21. The normalized spacial score (nSPS) is 24.9. The minimum absolute atomic E-state index is 0.401. The molecule has 1 aromatic carbocycles. The lowest BCUT2D eigenvalue weighted by molar-refractivity contribution is -0.0511. The van der Waals surface area contributed by atoms with Gasteiger partial charge in [0.2, 0.25) is 0 Å². The molecule has 4 atom stereocenters. The van der Waals surface area contributed by atoms with E-state index >= 15 is 0 Å². The van der Waals surface area contributed by atoms with Gasteiger partial charge in [0.05, 0.1) is 28.7 Å². The summed E-state index contributed by atoms with van der Waals surface area (Å²) in [6.07, 6.45) is -1.29. The summed E-state index contributed by atoms with van der Waals surface area (Å²) in [6, 6.07) is 5.39. The summed E-state index contributed by atoms with van der Waals surface area (Å²) in [7, 11) is 0. The van der Waals surface area contributed by atoms with Gasteiger partial charge in [0.25, 0.3) is 0 Å². The number of nitrogens with zero attached hydrogens (tertiary/aromatic N) is 4. The van der Waals surface area contributed by atoms with Crippen LogP contribution in [0.5, 0.6) is 0 Å². The second kappa shape index (κ2) is 8.11. The number of halogens is 2. The standard InChI is InChI=1S/C17H16Cl2N4O4S/c18-9-2-1-8(3-10(9)19)28-5-11-13-16(21-6-20-11)23(7-22-13)17-15(26)14(25)12(4-24)27-17/h1-3,6-7,12,14-15,17,24-26H,4-5H2/t12-,14-,15-,17-/m1/s1. The van der Waals surface area contributed by atoms with Gasteiger partial charge in [-0.3, -0.25) is 4.57 Å². The second-order valence-electron chi connectivity index (χ2n) is 6.24. The van der Waals surface area contributed by atoms with Crippen molar-refractivity contribution >= 4 is 46.1 Å². The number of hydrogen-bond acceptors (Lipinski definition) is 8. The fourth-order valence-electron chi connectivity index (χ4n) is 3.02. The largest absolute Gasteiger partial charge is 0.394 e. The molecule has 4 rings (SSSR count). The van der Waals surface area contributed by atoms with E-state index in [-0.39, 0.29) is 0 Å². The van der Waals surface area contributed by atoms with Crippen molar-refractivity contribution in [2.75, 3.05) is 6.61 Å². The molecule has 0 spiro atoms. The van der Waals surface area contributed by atoms with Crippen molar-refractivity contribution in [3.05, 3.63) is 46.6 Å². The van der Waals surface area contributed by atoms with Gasteiger partial charge in [-0.05, 0) is 18.2 Å². The Labute approximate surface area is 174 Å². The van der Waals surface area contributed by atoms with Crippen LogP contribution in [0.25, 0.3) is 11.2 Å². The molecule has 3 N–H and O–H groups in total. The molecular weight excluding hydrogens is 427 g/mol. The first-order chi connectivity index (χ1) is 13.5. The maximum Gasteiger partial charge on any atom is 0.165 e. The minimum Gasteiger partial charge on any atom is -0.394 e. The molecule has 2 aromatic heterocycles. The summed E-state index contributed by atoms with van der Waals surface area (Å²) in [5, 5.41) is 30.5. The van der Waals surface area contributed by atoms with Gasteiger partial charge >= 0.3 is 0 Å². The zero-order valence-electron chi connectivity index (χ0n) is 14.3. The molecule has 0 bridgehead atoms. The van der Waals surface area contributed by atoms with Gasteiger partial charge in [0, 0.05) is 10.6 Å². The van der Waals surface area contributed by atoms with E-state index in [9.17, 15) is 15.3 Å². The Morgan fingerprint density at radius 1 is 1.11 bits per heavy atom. The van der Waals surface area contributed by atoms with Crippen molar-refractivity contribution in [1.82, 2.24) is 19.5 Å². The van der Waals surface area contributed by atoms with Crippen molar-refractivity contribution in [3.63, 3.8) is 0 Å². The highest BCUT2D eigenvalue weighted by molar-refractivity contribution is 7.98. The maximum absolute atomic E-state index is 10.3. The maximum atomic E-state index is 10.3. The van der Waals surface area contributed by atoms with Gasteiger partial charge in [0.15, 0.2) is 11.9 Å².